The molecule has 0 aromatic heterocycles. The van der Waals surface area contributed by atoms with Gasteiger partial charge in [-0.2, -0.15) is 12.6 Å². The Hall–Kier alpha value is -1.00. The van der Waals surface area contributed by atoms with E-state index >= 15 is 0 Å². The van der Waals surface area contributed by atoms with Crippen molar-refractivity contribution < 1.29 is 33.3 Å². The summed E-state index contributed by atoms with van der Waals surface area (Å²) in [5, 5.41) is 0. The van der Waals surface area contributed by atoms with Gasteiger partial charge in [-0.05, 0) is 13.8 Å². The second-order valence-corrected chi connectivity index (χ2v) is 4.91. The van der Waals surface area contributed by atoms with Crippen LogP contribution >= 0.6 is 12.6 Å². The average Bonchev–Trinajstić information content (AvgIpc) is 2.58. The zero-order chi connectivity index (χ0) is 18.2. The summed E-state index contributed by atoms with van der Waals surface area (Å²) in [6.07, 6.45) is 0.503. The fourth-order valence-electron chi connectivity index (χ4n) is 1.68. The Bertz CT molecular complexity index is 342. The third kappa shape index (κ3) is 9.99. The third-order valence-corrected chi connectivity index (χ3v) is 3.19. The molecule has 0 aliphatic carbocycles. The summed E-state index contributed by atoms with van der Waals surface area (Å²) in [5.74, 6) is -1.20. The lowest BCUT2D eigenvalue weighted by Crippen LogP contribution is -2.49. The first kappa shape index (κ1) is 23.0. The van der Waals surface area contributed by atoms with Gasteiger partial charge >= 0.3 is 0 Å². The van der Waals surface area contributed by atoms with Gasteiger partial charge in [-0.1, -0.05) is 0 Å². The van der Waals surface area contributed by atoms with Crippen LogP contribution in [-0.2, 0) is 33.3 Å². The summed E-state index contributed by atoms with van der Waals surface area (Å²) in [6, 6.07) is -0.959. The Balaban J connectivity index is 4.47. The molecular formula is C15H27NO7S. The molecule has 0 heterocycles. The van der Waals surface area contributed by atoms with Crippen LogP contribution in [0.1, 0.15) is 13.8 Å². The van der Waals surface area contributed by atoms with Gasteiger partial charge in [-0.3, -0.25) is 14.5 Å². The van der Waals surface area contributed by atoms with Crippen LogP contribution in [0.3, 0.4) is 0 Å². The summed E-state index contributed by atoms with van der Waals surface area (Å²) < 4.78 is 20.5. The molecule has 1 unspecified atom stereocenters. The number of hydrogen-bond donors (Lipinski definition) is 1. The fourth-order valence-corrected chi connectivity index (χ4v) is 1.93. The summed E-state index contributed by atoms with van der Waals surface area (Å²) >= 11 is 4.00. The van der Waals surface area contributed by atoms with Crippen LogP contribution in [0.25, 0.3) is 0 Å². The van der Waals surface area contributed by atoms with Gasteiger partial charge in [-0.15, -0.1) is 0 Å². The lowest BCUT2D eigenvalue weighted by Gasteiger charge is -2.25. The molecule has 9 heteroatoms. The minimum absolute atomic E-state index is 0.0267. The highest BCUT2D eigenvalue weighted by atomic mass is 32.1. The summed E-state index contributed by atoms with van der Waals surface area (Å²) in [4.78, 5) is 36.3. The second-order valence-electron chi connectivity index (χ2n) is 4.54. The molecule has 0 aliphatic heterocycles. The predicted octanol–water partition coefficient (Wildman–Crippen LogP) is -0.0549. The molecule has 0 aromatic rings. The second kappa shape index (κ2) is 15.5. The highest BCUT2D eigenvalue weighted by molar-refractivity contribution is 7.80. The van der Waals surface area contributed by atoms with Crippen molar-refractivity contribution in [3.8, 4) is 0 Å². The molecule has 0 aliphatic rings. The van der Waals surface area contributed by atoms with Gasteiger partial charge in [0.1, 0.15) is 25.5 Å². The molecule has 0 rings (SSSR count). The lowest BCUT2D eigenvalue weighted by molar-refractivity contribution is -0.154. The van der Waals surface area contributed by atoms with Crippen LogP contribution in [0.4, 0.5) is 0 Å². The largest absolute Gasteiger partial charge is 0.379 e. The maximum absolute atomic E-state index is 12.2. The molecule has 2 amide bonds. The molecule has 0 N–H and O–H groups in total. The topological polar surface area (TPSA) is 91.4 Å². The van der Waals surface area contributed by atoms with E-state index in [1.165, 1.54) is 0 Å². The van der Waals surface area contributed by atoms with Crippen molar-refractivity contribution in [2.24, 2.45) is 0 Å². The van der Waals surface area contributed by atoms with E-state index in [0.29, 0.717) is 32.7 Å². The van der Waals surface area contributed by atoms with Crippen molar-refractivity contribution in [2.45, 2.75) is 19.9 Å². The maximum Gasteiger partial charge on any atom is 0.255 e. The Morgan fingerprint density at radius 2 is 1.33 bits per heavy atom. The first-order valence-electron chi connectivity index (χ1n) is 7.84. The molecule has 24 heavy (non-hydrogen) atoms. The molecule has 0 saturated carbocycles. The van der Waals surface area contributed by atoms with Crippen molar-refractivity contribution in [3.63, 3.8) is 0 Å². The fraction of sp³-hybridized carbons (Fsp3) is 0.800. The number of hydrogen-bond acceptors (Lipinski definition) is 8. The number of nitrogens with zero attached hydrogens (tertiary/aromatic N) is 1. The van der Waals surface area contributed by atoms with Gasteiger partial charge < -0.3 is 23.7 Å². The molecule has 0 fully saturated rings. The number of imide groups is 1. The molecule has 1 atom stereocenters. The maximum atomic E-state index is 12.2. The highest BCUT2D eigenvalue weighted by Gasteiger charge is 2.28. The van der Waals surface area contributed by atoms with Gasteiger partial charge in [0.2, 0.25) is 0 Å². The van der Waals surface area contributed by atoms with Crippen molar-refractivity contribution in [2.75, 3.05) is 58.6 Å². The molecule has 0 saturated heterocycles. The van der Waals surface area contributed by atoms with Crippen molar-refractivity contribution in [1.82, 2.24) is 4.90 Å². The molecule has 0 radical (unpaired) electrons. The Labute approximate surface area is 148 Å². The summed E-state index contributed by atoms with van der Waals surface area (Å²) in [5.41, 5.74) is 0. The SMILES string of the molecule is CCOCCOCC(=O)N(C(=O)COCCOCC)C(C=O)CS. The molecule has 0 spiro atoms. The smallest absolute Gasteiger partial charge is 0.255 e. The first-order valence-corrected chi connectivity index (χ1v) is 8.47. The predicted molar refractivity (Wildman–Crippen MR) is 90.2 cm³/mol. The normalized spacial score (nSPS) is 12.0. The first-order chi connectivity index (χ1) is 11.6. The highest BCUT2D eigenvalue weighted by Crippen LogP contribution is 2.03. The third-order valence-electron chi connectivity index (χ3n) is 2.82. The zero-order valence-electron chi connectivity index (χ0n) is 14.3. The number of thiol groups is 1. The standard InChI is InChI=1S/C15H27NO7S/c1-3-20-5-7-22-10-14(18)16(13(9-17)12-24)15(19)11-23-8-6-21-4-2/h9,13,24H,3-8,10-12H2,1-2H3. The molecular weight excluding hydrogens is 338 g/mol. The van der Waals surface area contributed by atoms with Crippen molar-refractivity contribution in [1.29, 1.82) is 0 Å². The van der Waals surface area contributed by atoms with Gasteiger partial charge in [0.05, 0.1) is 26.4 Å². The van der Waals surface area contributed by atoms with E-state index in [0.717, 1.165) is 4.90 Å². The van der Waals surface area contributed by atoms with E-state index in [4.69, 9.17) is 18.9 Å². The lowest BCUT2D eigenvalue weighted by atomic mass is 10.3. The zero-order valence-corrected chi connectivity index (χ0v) is 15.2. The van der Waals surface area contributed by atoms with Crippen LogP contribution in [0.5, 0.6) is 0 Å². The van der Waals surface area contributed by atoms with Crippen molar-refractivity contribution >= 4 is 30.7 Å². The number of rotatable bonds is 15. The van der Waals surface area contributed by atoms with Crippen LogP contribution in [-0.4, -0.2) is 87.7 Å². The monoisotopic (exact) mass is 365 g/mol. The van der Waals surface area contributed by atoms with Crippen molar-refractivity contribution in [3.05, 3.63) is 0 Å². The van der Waals surface area contributed by atoms with E-state index in [1.54, 1.807) is 0 Å². The molecule has 8 nitrogen and oxygen atoms in total. The Morgan fingerprint density at radius 1 is 0.917 bits per heavy atom. The van der Waals surface area contributed by atoms with Crippen LogP contribution in [0.2, 0.25) is 0 Å². The number of amides is 2. The van der Waals surface area contributed by atoms with Crippen LogP contribution in [0, 0.1) is 0 Å². The van der Waals surface area contributed by atoms with E-state index in [-0.39, 0.29) is 32.2 Å². The van der Waals surface area contributed by atoms with E-state index in [1.807, 2.05) is 13.8 Å². The Kier molecular flexibility index (Phi) is 14.9. The van der Waals surface area contributed by atoms with Crippen LogP contribution in [0.15, 0.2) is 0 Å². The van der Waals surface area contributed by atoms with Gasteiger partial charge in [0.15, 0.2) is 0 Å². The minimum atomic E-state index is -0.959. The van der Waals surface area contributed by atoms with Gasteiger partial charge in [-0.25, -0.2) is 0 Å². The average molecular weight is 365 g/mol. The quantitative estimate of drug-likeness (QED) is 0.247. The molecule has 0 aromatic carbocycles. The summed E-state index contributed by atoms with van der Waals surface area (Å²) in [7, 11) is 0. The van der Waals surface area contributed by atoms with Gasteiger partial charge in [0.25, 0.3) is 11.8 Å². The summed E-state index contributed by atoms with van der Waals surface area (Å²) in [6.45, 7) is 5.28. The van der Waals surface area contributed by atoms with Crippen LogP contribution < -0.4 is 0 Å². The van der Waals surface area contributed by atoms with E-state index in [2.05, 4.69) is 12.6 Å². The van der Waals surface area contributed by atoms with E-state index < -0.39 is 17.9 Å². The number of carbonyl (C=O) groups excluding carboxylic acids is 3. The molecule has 0 bridgehead atoms. The number of ether oxygens (including phenoxy) is 4. The number of carbonyl (C=O) groups is 3. The number of aldehydes is 1. The molecule has 140 valence electrons. The minimum Gasteiger partial charge on any atom is -0.379 e. The van der Waals surface area contributed by atoms with E-state index in [9.17, 15) is 14.4 Å². The van der Waals surface area contributed by atoms with Gasteiger partial charge in [0, 0.05) is 19.0 Å². The Morgan fingerprint density at radius 3 is 1.67 bits per heavy atom.